The number of rotatable bonds is 20. The first-order valence-electron chi connectivity index (χ1n) is 23.8. The Balaban J connectivity index is 0.000000274. The largest absolute Gasteiger partial charge is 2.00 e. The standard InChI is InChI=1S/2C30H28N2O5.2Zn/c2*1-3-35-27-9-5-7-21(29(27)33)19-31-23-11-15-25(16-12-23)37-26-17-13-24(14-18-26)32-20-22-8-6-10-28(30(22)34)36-4-2;;/h2*5-20,33-34H,3-4H2,1-2H3;;/q;;2*+2/p-4. The molecule has 0 amide bonds. The van der Waals surface area contributed by atoms with Crippen LogP contribution in [0.5, 0.6) is 69.0 Å². The van der Waals surface area contributed by atoms with E-state index in [4.69, 9.17) is 28.4 Å². The first kappa shape index (κ1) is 58.6. The van der Waals surface area contributed by atoms with Crippen LogP contribution in [0.1, 0.15) is 49.9 Å². The predicted octanol–water partition coefficient (Wildman–Crippen LogP) is 11.8. The molecule has 16 heteroatoms. The zero-order valence-electron chi connectivity index (χ0n) is 42.6. The topological polar surface area (TPSA) is 197 Å². The molecule has 8 aromatic rings. The van der Waals surface area contributed by atoms with Gasteiger partial charge in [-0.1, -0.05) is 71.5 Å². The number of para-hydroxylation sites is 4. The van der Waals surface area contributed by atoms with Crippen molar-refractivity contribution >= 4 is 47.6 Å². The molecule has 0 bridgehead atoms. The molecule has 0 aromatic heterocycles. The van der Waals surface area contributed by atoms with E-state index in [1.807, 2.05) is 27.7 Å². The summed E-state index contributed by atoms with van der Waals surface area (Å²) < 4.78 is 33.2. The second-order valence-corrected chi connectivity index (χ2v) is 15.6. The number of ether oxygens (including phenoxy) is 6. The third-order valence-electron chi connectivity index (χ3n) is 10.5. The van der Waals surface area contributed by atoms with Crippen molar-refractivity contribution in [1.29, 1.82) is 0 Å². The van der Waals surface area contributed by atoms with Gasteiger partial charge >= 0.3 is 39.0 Å². The van der Waals surface area contributed by atoms with Crippen molar-refractivity contribution in [3.8, 4) is 69.0 Å². The van der Waals surface area contributed by atoms with Crippen LogP contribution in [0.4, 0.5) is 22.7 Å². The maximum absolute atomic E-state index is 12.4. The molecule has 0 unspecified atom stereocenters. The third kappa shape index (κ3) is 16.9. The summed E-state index contributed by atoms with van der Waals surface area (Å²) in [7, 11) is 0. The molecule has 8 rings (SSSR count). The number of benzene rings is 8. The molecule has 0 fully saturated rings. The molecule has 8 aromatic carbocycles. The van der Waals surface area contributed by atoms with Crippen molar-refractivity contribution < 1.29 is 87.8 Å². The van der Waals surface area contributed by atoms with Gasteiger partial charge in [0, 0.05) is 24.9 Å². The average Bonchev–Trinajstić information content (AvgIpc) is 3.42. The van der Waals surface area contributed by atoms with Gasteiger partial charge in [0.1, 0.15) is 46.0 Å². The molecular formula is C60H52N4O10Zn2. The molecule has 0 radical (unpaired) electrons. The second-order valence-electron chi connectivity index (χ2n) is 15.6. The summed E-state index contributed by atoms with van der Waals surface area (Å²) in [6, 6.07) is 49.3. The van der Waals surface area contributed by atoms with Gasteiger partial charge in [-0.25, -0.2) is 0 Å². The molecule has 0 aliphatic carbocycles. The van der Waals surface area contributed by atoms with Gasteiger partial charge in [0.2, 0.25) is 0 Å². The summed E-state index contributed by atoms with van der Waals surface area (Å²) in [4.78, 5) is 17.5. The van der Waals surface area contributed by atoms with Crippen LogP contribution in [0.2, 0.25) is 0 Å². The molecule has 0 aliphatic rings. The molecule has 76 heavy (non-hydrogen) atoms. The van der Waals surface area contributed by atoms with Crippen molar-refractivity contribution in [2.75, 3.05) is 26.4 Å². The molecule has 0 atom stereocenters. The second kappa shape index (κ2) is 30.2. The Bertz CT molecular complexity index is 2780. The SMILES string of the molecule is CCOc1cccc(C=Nc2ccc(Oc3ccc(N=Cc4cccc(OCC)c4[O-])cc3)cc2)c1[O-].CCOc1cccc(C=Nc2ccc(Oc3ccc(N=Cc4cccc(OCC)c4[O-])cc3)cc2)c1[O-].[Zn+2].[Zn+2]. The van der Waals surface area contributed by atoms with Gasteiger partial charge in [0.05, 0.1) is 49.2 Å². The van der Waals surface area contributed by atoms with Crippen molar-refractivity contribution in [1.82, 2.24) is 0 Å². The Hall–Kier alpha value is -8.31. The minimum absolute atomic E-state index is 0. The van der Waals surface area contributed by atoms with Crippen LogP contribution in [0.3, 0.4) is 0 Å². The molecule has 14 nitrogen and oxygen atoms in total. The van der Waals surface area contributed by atoms with E-state index in [-0.39, 0.29) is 62.0 Å². The summed E-state index contributed by atoms with van der Waals surface area (Å²) in [5, 5.41) is 49.5. The molecule has 0 saturated carbocycles. The van der Waals surface area contributed by atoms with Crippen molar-refractivity contribution in [3.05, 3.63) is 192 Å². The fraction of sp³-hybridized carbons (Fsp3) is 0.133. The van der Waals surface area contributed by atoms with E-state index in [2.05, 4.69) is 20.0 Å². The predicted molar refractivity (Wildman–Crippen MR) is 283 cm³/mol. The fourth-order valence-corrected chi connectivity index (χ4v) is 6.86. The maximum Gasteiger partial charge on any atom is 2.00 e. The van der Waals surface area contributed by atoms with E-state index >= 15 is 0 Å². The Kier molecular flexibility index (Phi) is 23.2. The number of hydrogen-bond donors (Lipinski definition) is 0. The fourth-order valence-electron chi connectivity index (χ4n) is 6.86. The van der Waals surface area contributed by atoms with E-state index < -0.39 is 0 Å². The summed E-state index contributed by atoms with van der Waals surface area (Å²) in [5.74, 6) is 3.09. The maximum atomic E-state index is 12.4. The van der Waals surface area contributed by atoms with Crippen LogP contribution in [-0.4, -0.2) is 51.3 Å². The van der Waals surface area contributed by atoms with Crippen molar-refractivity contribution in [2.24, 2.45) is 20.0 Å². The smallest absolute Gasteiger partial charge is 0.870 e. The van der Waals surface area contributed by atoms with E-state index in [0.29, 0.717) is 117 Å². The molecule has 0 N–H and O–H groups in total. The van der Waals surface area contributed by atoms with Crippen molar-refractivity contribution in [3.63, 3.8) is 0 Å². The van der Waals surface area contributed by atoms with Crippen LogP contribution in [-0.2, 0) is 39.0 Å². The number of hydrogen-bond acceptors (Lipinski definition) is 14. The van der Waals surface area contributed by atoms with Gasteiger partial charge in [-0.05, 0) is 171 Å². The summed E-state index contributed by atoms with van der Waals surface area (Å²) in [5.41, 5.74) is 4.58. The molecule has 0 spiro atoms. The summed E-state index contributed by atoms with van der Waals surface area (Å²) in [6.07, 6.45) is 6.12. The summed E-state index contributed by atoms with van der Waals surface area (Å²) >= 11 is 0. The quantitative estimate of drug-likeness (QED) is 0.0523. The zero-order chi connectivity index (χ0) is 52.1. The molecular weight excluding hydrogens is 1070 g/mol. The number of nitrogens with zero attached hydrogens (tertiary/aromatic N) is 4. The Morgan fingerprint density at radius 1 is 0.303 bits per heavy atom. The normalized spacial score (nSPS) is 10.9. The Morgan fingerprint density at radius 2 is 0.500 bits per heavy atom. The van der Waals surface area contributed by atoms with E-state index in [1.54, 1.807) is 170 Å². The van der Waals surface area contributed by atoms with E-state index in [9.17, 15) is 20.4 Å². The molecule has 0 heterocycles. The van der Waals surface area contributed by atoms with Gasteiger partial charge in [0.15, 0.2) is 0 Å². The van der Waals surface area contributed by atoms with Crippen LogP contribution >= 0.6 is 0 Å². The van der Waals surface area contributed by atoms with Crippen LogP contribution in [0.25, 0.3) is 0 Å². The van der Waals surface area contributed by atoms with Gasteiger partial charge in [-0.2, -0.15) is 0 Å². The number of aliphatic imine (C=N–C) groups is 4. The van der Waals surface area contributed by atoms with Gasteiger partial charge < -0.3 is 48.8 Å². The van der Waals surface area contributed by atoms with E-state index in [0.717, 1.165) is 0 Å². The minimum atomic E-state index is -0.187. The first-order chi connectivity index (χ1) is 36.1. The van der Waals surface area contributed by atoms with Gasteiger partial charge in [0.25, 0.3) is 0 Å². The third-order valence-corrected chi connectivity index (χ3v) is 10.5. The van der Waals surface area contributed by atoms with Crippen molar-refractivity contribution in [2.45, 2.75) is 27.7 Å². The van der Waals surface area contributed by atoms with Crippen LogP contribution < -0.4 is 48.8 Å². The van der Waals surface area contributed by atoms with E-state index in [1.165, 1.54) is 24.9 Å². The molecule has 0 saturated heterocycles. The molecule has 0 aliphatic heterocycles. The monoisotopic (exact) mass is 1120 g/mol. The zero-order valence-corrected chi connectivity index (χ0v) is 48.5. The first-order valence-corrected chi connectivity index (χ1v) is 23.8. The Morgan fingerprint density at radius 3 is 0.684 bits per heavy atom. The minimum Gasteiger partial charge on any atom is -0.870 e. The van der Waals surface area contributed by atoms with Crippen LogP contribution in [0, 0.1) is 0 Å². The van der Waals surface area contributed by atoms with Gasteiger partial charge in [-0.15, -0.1) is 0 Å². The van der Waals surface area contributed by atoms with Gasteiger partial charge in [-0.3, -0.25) is 20.0 Å². The summed E-state index contributed by atoms with van der Waals surface area (Å²) in [6.45, 7) is 9.06. The van der Waals surface area contributed by atoms with Crippen LogP contribution in [0.15, 0.2) is 190 Å². The molecule has 376 valence electrons. The average molecular weight is 1120 g/mol. The Labute approximate surface area is 467 Å².